The predicted molar refractivity (Wildman–Crippen MR) is 145 cm³/mol. The highest BCUT2D eigenvalue weighted by Crippen LogP contribution is 2.27. The van der Waals surface area contributed by atoms with Gasteiger partial charge in [-0.2, -0.15) is 14.4 Å². The number of rotatable bonds is 6. The number of amides is 1. The van der Waals surface area contributed by atoms with Crippen molar-refractivity contribution in [3.05, 3.63) is 96.1 Å². The number of carbonyl (C=O) groups is 2. The number of para-hydroxylation sites is 1. The largest absolute Gasteiger partial charge is 0.426 e. The van der Waals surface area contributed by atoms with E-state index in [1.165, 1.54) is 9.31 Å². The summed E-state index contributed by atoms with van der Waals surface area (Å²) in [4.78, 5) is 25.9. The lowest BCUT2D eigenvalue weighted by Crippen LogP contribution is -2.41. The van der Waals surface area contributed by atoms with Crippen molar-refractivity contribution in [1.29, 1.82) is 0 Å². The lowest BCUT2D eigenvalue weighted by molar-refractivity contribution is -0.140. The molecule has 1 fully saturated rings. The maximum Gasteiger partial charge on any atom is 0.314 e. The van der Waals surface area contributed by atoms with E-state index in [4.69, 9.17) is 4.74 Å². The van der Waals surface area contributed by atoms with Gasteiger partial charge in [0.15, 0.2) is 0 Å². The lowest BCUT2D eigenvalue weighted by atomic mass is 9.98. The molecule has 0 bridgehead atoms. The van der Waals surface area contributed by atoms with Crippen molar-refractivity contribution in [1.82, 2.24) is 4.31 Å². The molecule has 38 heavy (non-hydrogen) atoms. The van der Waals surface area contributed by atoms with Crippen LogP contribution >= 0.6 is 0 Å². The highest BCUT2D eigenvalue weighted by atomic mass is 32.2. The Bertz CT molecular complexity index is 1490. The summed E-state index contributed by atoms with van der Waals surface area (Å²) >= 11 is 0. The minimum absolute atomic E-state index is 0.204. The molecular weight excluding hydrogens is 502 g/mol. The van der Waals surface area contributed by atoms with Gasteiger partial charge >= 0.3 is 5.97 Å². The Morgan fingerprint density at radius 2 is 1.53 bits per heavy atom. The summed E-state index contributed by atoms with van der Waals surface area (Å²) in [5, 5.41) is 5.77. The first-order valence-corrected chi connectivity index (χ1v) is 13.8. The Hall–Kier alpha value is -4.08. The van der Waals surface area contributed by atoms with Gasteiger partial charge in [0, 0.05) is 13.1 Å². The van der Waals surface area contributed by atoms with Crippen LogP contribution < -0.4 is 9.75 Å². The van der Waals surface area contributed by atoms with Crippen LogP contribution in [-0.2, 0) is 19.6 Å². The zero-order chi connectivity index (χ0) is 26.7. The quantitative estimate of drug-likeness (QED) is 0.266. The second-order valence-electron chi connectivity index (χ2n) is 9.18. The number of benzene rings is 3. The number of sulfonamides is 1. The van der Waals surface area contributed by atoms with E-state index in [9.17, 15) is 18.0 Å². The van der Waals surface area contributed by atoms with E-state index in [2.05, 4.69) is 5.10 Å². The SMILES string of the molecule is CC1=NN(c2ccccc2)C(=O)C1=Cc1ccc(OC(=O)C2CCN(S(=O)(=O)c3ccccc3)CC2)cc1. The highest BCUT2D eigenvalue weighted by molar-refractivity contribution is 7.89. The first kappa shape index (κ1) is 25.6. The Morgan fingerprint density at radius 3 is 2.16 bits per heavy atom. The second kappa shape index (κ2) is 10.7. The summed E-state index contributed by atoms with van der Waals surface area (Å²) in [5.41, 5.74) is 2.59. The summed E-state index contributed by atoms with van der Waals surface area (Å²) < 4.78 is 32.6. The smallest absolute Gasteiger partial charge is 0.314 e. The van der Waals surface area contributed by atoms with Crippen LogP contribution in [-0.4, -0.2) is 43.4 Å². The van der Waals surface area contributed by atoms with Crippen molar-refractivity contribution in [2.75, 3.05) is 18.1 Å². The van der Waals surface area contributed by atoms with Crippen LogP contribution in [0.2, 0.25) is 0 Å². The Morgan fingerprint density at radius 1 is 0.921 bits per heavy atom. The number of piperidine rings is 1. The Kier molecular flexibility index (Phi) is 7.22. The van der Waals surface area contributed by atoms with Crippen LogP contribution in [0.4, 0.5) is 5.69 Å². The van der Waals surface area contributed by atoms with Gasteiger partial charge in [0.2, 0.25) is 10.0 Å². The topological polar surface area (TPSA) is 96.3 Å². The van der Waals surface area contributed by atoms with E-state index in [0.29, 0.717) is 35.6 Å². The average molecular weight is 530 g/mol. The van der Waals surface area contributed by atoms with Crippen LogP contribution in [0.5, 0.6) is 5.75 Å². The number of hydrogen-bond donors (Lipinski definition) is 0. The number of nitrogens with zero attached hydrogens (tertiary/aromatic N) is 3. The van der Waals surface area contributed by atoms with Crippen LogP contribution in [0.25, 0.3) is 6.08 Å². The monoisotopic (exact) mass is 529 g/mol. The standard InChI is InChI=1S/C29H27N3O5S/c1-21-27(28(33)32(30-21)24-8-4-2-5-9-24)20-22-12-14-25(15-13-22)37-29(34)23-16-18-31(19-17-23)38(35,36)26-10-6-3-7-11-26/h2-15,20,23H,16-19H2,1H3. The van der Waals surface area contributed by atoms with E-state index in [1.807, 2.05) is 30.3 Å². The van der Waals surface area contributed by atoms with Gasteiger partial charge in [-0.05, 0) is 67.8 Å². The highest BCUT2D eigenvalue weighted by Gasteiger charge is 2.33. The zero-order valence-corrected chi connectivity index (χ0v) is 21.7. The number of hydrazone groups is 1. The van der Waals surface area contributed by atoms with Crippen molar-refractivity contribution >= 4 is 39.4 Å². The lowest BCUT2D eigenvalue weighted by Gasteiger charge is -2.30. The molecule has 0 unspecified atom stereocenters. The van der Waals surface area contributed by atoms with Crippen molar-refractivity contribution < 1.29 is 22.7 Å². The van der Waals surface area contributed by atoms with E-state index in [-0.39, 0.29) is 35.8 Å². The molecule has 0 aliphatic carbocycles. The zero-order valence-electron chi connectivity index (χ0n) is 20.9. The molecule has 1 amide bonds. The summed E-state index contributed by atoms with van der Waals surface area (Å²) in [6.45, 7) is 2.32. The second-order valence-corrected chi connectivity index (χ2v) is 11.1. The van der Waals surface area contributed by atoms with Gasteiger partial charge in [0.25, 0.3) is 5.91 Å². The van der Waals surface area contributed by atoms with E-state index in [0.717, 1.165) is 5.56 Å². The number of ether oxygens (including phenoxy) is 1. The molecule has 2 aliphatic rings. The number of anilines is 1. The molecule has 0 saturated carbocycles. The normalized spacial score (nSPS) is 18.0. The third-order valence-corrected chi connectivity index (χ3v) is 8.55. The van der Waals surface area contributed by atoms with Crippen molar-refractivity contribution in [2.45, 2.75) is 24.7 Å². The molecule has 0 N–H and O–H groups in total. The van der Waals surface area contributed by atoms with E-state index >= 15 is 0 Å². The fourth-order valence-corrected chi connectivity index (χ4v) is 5.99. The molecule has 1 saturated heterocycles. The summed E-state index contributed by atoms with van der Waals surface area (Å²) in [5.74, 6) is -0.561. The Labute approximate surface area is 221 Å². The van der Waals surface area contributed by atoms with Crippen LogP contribution in [0.15, 0.2) is 100 Å². The van der Waals surface area contributed by atoms with Gasteiger partial charge in [-0.3, -0.25) is 9.59 Å². The van der Waals surface area contributed by atoms with Crippen LogP contribution in [0.1, 0.15) is 25.3 Å². The summed E-state index contributed by atoms with van der Waals surface area (Å²) in [6, 6.07) is 24.5. The summed E-state index contributed by atoms with van der Waals surface area (Å²) in [6.07, 6.45) is 2.56. The maximum atomic E-state index is 12.9. The fraction of sp³-hybridized carbons (Fsp3) is 0.207. The van der Waals surface area contributed by atoms with Gasteiger partial charge in [0.05, 0.1) is 27.8 Å². The first-order valence-electron chi connectivity index (χ1n) is 12.4. The van der Waals surface area contributed by atoms with Gasteiger partial charge in [-0.15, -0.1) is 0 Å². The predicted octanol–water partition coefficient (Wildman–Crippen LogP) is 4.50. The van der Waals surface area contributed by atoms with Gasteiger partial charge in [-0.1, -0.05) is 48.5 Å². The third-order valence-electron chi connectivity index (χ3n) is 6.64. The Balaban J connectivity index is 1.18. The molecule has 9 heteroatoms. The van der Waals surface area contributed by atoms with E-state index in [1.54, 1.807) is 67.6 Å². The van der Waals surface area contributed by atoms with Crippen LogP contribution in [0, 0.1) is 5.92 Å². The van der Waals surface area contributed by atoms with Crippen molar-refractivity contribution in [2.24, 2.45) is 11.0 Å². The maximum absolute atomic E-state index is 12.9. The van der Waals surface area contributed by atoms with Crippen molar-refractivity contribution in [3.8, 4) is 5.75 Å². The summed E-state index contributed by atoms with van der Waals surface area (Å²) in [7, 11) is -3.57. The van der Waals surface area contributed by atoms with Gasteiger partial charge in [0.1, 0.15) is 5.75 Å². The molecule has 3 aromatic carbocycles. The molecule has 2 heterocycles. The average Bonchev–Trinajstić information content (AvgIpc) is 3.23. The number of carbonyl (C=O) groups excluding carboxylic acids is 2. The molecule has 8 nitrogen and oxygen atoms in total. The number of hydrogen-bond acceptors (Lipinski definition) is 6. The minimum Gasteiger partial charge on any atom is -0.426 e. The molecule has 5 rings (SSSR count). The molecule has 0 radical (unpaired) electrons. The minimum atomic E-state index is -3.57. The number of esters is 1. The molecule has 194 valence electrons. The fourth-order valence-electron chi connectivity index (χ4n) is 4.50. The van der Waals surface area contributed by atoms with Crippen molar-refractivity contribution in [3.63, 3.8) is 0 Å². The molecule has 3 aromatic rings. The molecule has 0 atom stereocenters. The molecular formula is C29H27N3O5S. The molecule has 0 spiro atoms. The van der Waals surface area contributed by atoms with E-state index < -0.39 is 10.0 Å². The molecule has 0 aromatic heterocycles. The first-order chi connectivity index (χ1) is 18.3. The van der Waals surface area contributed by atoms with Gasteiger partial charge in [-0.25, -0.2) is 8.42 Å². The molecule has 2 aliphatic heterocycles. The van der Waals surface area contributed by atoms with Gasteiger partial charge < -0.3 is 4.74 Å². The third kappa shape index (κ3) is 5.29. The van der Waals surface area contributed by atoms with Crippen LogP contribution in [0.3, 0.4) is 0 Å².